The van der Waals surface area contributed by atoms with Crippen molar-refractivity contribution in [3.05, 3.63) is 18.0 Å². The van der Waals surface area contributed by atoms with E-state index in [1.807, 2.05) is 0 Å². The molecule has 0 amide bonds. The van der Waals surface area contributed by atoms with Gasteiger partial charge in [0, 0.05) is 6.20 Å². The van der Waals surface area contributed by atoms with Crippen LogP contribution in [-0.2, 0) is 0 Å². The van der Waals surface area contributed by atoms with Crippen LogP contribution in [0.15, 0.2) is 12.4 Å². The number of rotatable bonds is 2. The van der Waals surface area contributed by atoms with Gasteiger partial charge in [0.2, 0.25) is 0 Å². The lowest BCUT2D eigenvalue weighted by Crippen LogP contribution is -1.95. The summed E-state index contributed by atoms with van der Waals surface area (Å²) in [7, 11) is 0. The lowest BCUT2D eigenvalue weighted by molar-refractivity contribution is 0.0697. The third-order valence-corrected chi connectivity index (χ3v) is 1.77. The van der Waals surface area contributed by atoms with E-state index in [9.17, 15) is 4.79 Å². The molecule has 0 bridgehead atoms. The van der Waals surface area contributed by atoms with Gasteiger partial charge in [0.25, 0.3) is 0 Å². The van der Waals surface area contributed by atoms with Gasteiger partial charge in [0.1, 0.15) is 0 Å². The average molecular weight is 152 g/mol. The molecule has 1 fully saturated rings. The zero-order valence-corrected chi connectivity index (χ0v) is 5.90. The summed E-state index contributed by atoms with van der Waals surface area (Å²) in [6, 6.07) is 0.461. The standard InChI is InChI=1S/C7H8N2O2/c10-7(11)5-3-8-9(4-5)6-1-2-6/h3-4,6H,1-2H2,(H,10,11). The Bertz CT molecular complexity index is 288. The molecule has 0 radical (unpaired) electrons. The Morgan fingerprint density at radius 3 is 2.91 bits per heavy atom. The second-order valence-electron chi connectivity index (χ2n) is 2.75. The van der Waals surface area contributed by atoms with Crippen molar-refractivity contribution in [1.29, 1.82) is 0 Å². The van der Waals surface area contributed by atoms with Crippen LogP contribution in [0.25, 0.3) is 0 Å². The summed E-state index contributed by atoms with van der Waals surface area (Å²) >= 11 is 0. The maximum absolute atomic E-state index is 10.4. The first-order valence-electron chi connectivity index (χ1n) is 3.55. The lowest BCUT2D eigenvalue weighted by Gasteiger charge is -1.91. The van der Waals surface area contributed by atoms with E-state index in [-0.39, 0.29) is 5.56 Å². The molecular formula is C7H8N2O2. The van der Waals surface area contributed by atoms with Crippen molar-refractivity contribution in [3.8, 4) is 0 Å². The van der Waals surface area contributed by atoms with Crippen molar-refractivity contribution in [3.63, 3.8) is 0 Å². The molecule has 58 valence electrons. The fourth-order valence-electron chi connectivity index (χ4n) is 0.987. The number of carboxylic acids is 1. The fraction of sp³-hybridized carbons (Fsp3) is 0.429. The van der Waals surface area contributed by atoms with Gasteiger partial charge in [-0.05, 0) is 12.8 Å². The highest BCUT2D eigenvalue weighted by Gasteiger charge is 2.24. The van der Waals surface area contributed by atoms with E-state index in [0.717, 1.165) is 12.8 Å². The molecule has 1 aromatic rings. The molecule has 0 unspecified atom stereocenters. The first kappa shape index (κ1) is 6.39. The van der Waals surface area contributed by atoms with Crippen molar-refractivity contribution in [2.45, 2.75) is 18.9 Å². The fourth-order valence-corrected chi connectivity index (χ4v) is 0.987. The monoisotopic (exact) mass is 152 g/mol. The Labute approximate surface area is 63.4 Å². The molecule has 0 aliphatic heterocycles. The van der Waals surface area contributed by atoms with Crippen LogP contribution in [0.3, 0.4) is 0 Å². The molecule has 1 heterocycles. The van der Waals surface area contributed by atoms with Crippen molar-refractivity contribution < 1.29 is 9.90 Å². The number of aromatic carboxylic acids is 1. The van der Waals surface area contributed by atoms with Gasteiger partial charge in [-0.1, -0.05) is 0 Å². The van der Waals surface area contributed by atoms with Crippen LogP contribution >= 0.6 is 0 Å². The van der Waals surface area contributed by atoms with E-state index in [4.69, 9.17) is 5.11 Å². The summed E-state index contributed by atoms with van der Waals surface area (Å²) in [6.07, 6.45) is 5.22. The SMILES string of the molecule is O=C(O)c1cnn(C2CC2)c1. The third kappa shape index (κ3) is 1.11. The lowest BCUT2D eigenvalue weighted by atomic mass is 10.4. The second-order valence-corrected chi connectivity index (χ2v) is 2.75. The number of carboxylic acid groups (broad SMARTS) is 1. The van der Waals surface area contributed by atoms with Crippen molar-refractivity contribution in [2.75, 3.05) is 0 Å². The molecule has 1 N–H and O–H groups in total. The maximum atomic E-state index is 10.4. The number of aromatic nitrogens is 2. The Morgan fingerprint density at radius 2 is 2.45 bits per heavy atom. The Hall–Kier alpha value is -1.32. The maximum Gasteiger partial charge on any atom is 0.338 e. The predicted octanol–water partition coefficient (Wildman–Crippen LogP) is 0.916. The van der Waals surface area contributed by atoms with Gasteiger partial charge < -0.3 is 5.11 Å². The Balaban J connectivity index is 2.25. The molecule has 1 aliphatic carbocycles. The average Bonchev–Trinajstić information content (AvgIpc) is 2.68. The van der Waals surface area contributed by atoms with Crippen LogP contribution < -0.4 is 0 Å². The van der Waals surface area contributed by atoms with Crippen LogP contribution in [0.1, 0.15) is 29.2 Å². The zero-order chi connectivity index (χ0) is 7.84. The van der Waals surface area contributed by atoms with E-state index in [1.165, 1.54) is 6.20 Å². The molecule has 4 heteroatoms. The zero-order valence-electron chi connectivity index (χ0n) is 5.90. The first-order chi connectivity index (χ1) is 5.27. The van der Waals surface area contributed by atoms with Gasteiger partial charge in [0.05, 0.1) is 17.8 Å². The van der Waals surface area contributed by atoms with Crippen molar-refractivity contribution in [2.24, 2.45) is 0 Å². The minimum absolute atomic E-state index is 0.275. The summed E-state index contributed by atoms with van der Waals surface area (Å²) in [4.78, 5) is 10.4. The number of nitrogens with zero attached hydrogens (tertiary/aromatic N) is 2. The first-order valence-corrected chi connectivity index (χ1v) is 3.55. The molecule has 0 atom stereocenters. The molecule has 0 saturated heterocycles. The number of hydrogen-bond acceptors (Lipinski definition) is 2. The molecule has 1 saturated carbocycles. The summed E-state index contributed by atoms with van der Waals surface area (Å²) in [6.45, 7) is 0. The van der Waals surface area contributed by atoms with Gasteiger partial charge in [-0.25, -0.2) is 4.79 Å². The number of carbonyl (C=O) groups is 1. The Morgan fingerprint density at radius 1 is 1.73 bits per heavy atom. The topological polar surface area (TPSA) is 55.1 Å². The molecule has 0 aromatic carbocycles. The molecule has 1 aliphatic rings. The minimum Gasteiger partial charge on any atom is -0.478 e. The molecule has 1 aromatic heterocycles. The van der Waals surface area contributed by atoms with Crippen molar-refractivity contribution in [1.82, 2.24) is 9.78 Å². The molecule has 4 nitrogen and oxygen atoms in total. The predicted molar refractivity (Wildman–Crippen MR) is 37.5 cm³/mol. The van der Waals surface area contributed by atoms with Gasteiger partial charge in [-0.15, -0.1) is 0 Å². The van der Waals surface area contributed by atoms with E-state index in [2.05, 4.69) is 5.10 Å². The summed E-state index contributed by atoms with van der Waals surface area (Å²) in [5, 5.41) is 12.5. The quantitative estimate of drug-likeness (QED) is 0.685. The third-order valence-electron chi connectivity index (χ3n) is 1.77. The number of hydrogen-bond donors (Lipinski definition) is 1. The van der Waals surface area contributed by atoms with Crippen LogP contribution in [0.4, 0.5) is 0 Å². The van der Waals surface area contributed by atoms with Gasteiger partial charge in [-0.3, -0.25) is 4.68 Å². The van der Waals surface area contributed by atoms with Crippen LogP contribution in [0, 0.1) is 0 Å². The summed E-state index contributed by atoms with van der Waals surface area (Å²) in [5.41, 5.74) is 0.275. The molecule has 0 spiro atoms. The highest BCUT2D eigenvalue weighted by Crippen LogP contribution is 2.33. The minimum atomic E-state index is -0.906. The molecule has 11 heavy (non-hydrogen) atoms. The highest BCUT2D eigenvalue weighted by molar-refractivity contribution is 5.86. The van der Waals surface area contributed by atoms with Crippen molar-refractivity contribution >= 4 is 5.97 Å². The second kappa shape index (κ2) is 2.08. The molecule has 2 rings (SSSR count). The van der Waals surface area contributed by atoms with Gasteiger partial charge in [-0.2, -0.15) is 5.10 Å². The van der Waals surface area contributed by atoms with Gasteiger partial charge >= 0.3 is 5.97 Å². The Kier molecular flexibility index (Phi) is 1.21. The van der Waals surface area contributed by atoms with Gasteiger partial charge in [0.15, 0.2) is 0 Å². The van der Waals surface area contributed by atoms with E-state index >= 15 is 0 Å². The summed E-state index contributed by atoms with van der Waals surface area (Å²) < 4.78 is 1.73. The van der Waals surface area contributed by atoms with E-state index < -0.39 is 5.97 Å². The van der Waals surface area contributed by atoms with Crippen LogP contribution in [0.5, 0.6) is 0 Å². The summed E-state index contributed by atoms with van der Waals surface area (Å²) in [5.74, 6) is -0.906. The van der Waals surface area contributed by atoms with E-state index in [0.29, 0.717) is 6.04 Å². The largest absolute Gasteiger partial charge is 0.478 e. The van der Waals surface area contributed by atoms with Crippen LogP contribution in [-0.4, -0.2) is 20.9 Å². The smallest absolute Gasteiger partial charge is 0.338 e. The van der Waals surface area contributed by atoms with E-state index in [1.54, 1.807) is 10.9 Å². The normalized spacial score (nSPS) is 16.7. The highest BCUT2D eigenvalue weighted by atomic mass is 16.4. The molecular weight excluding hydrogens is 144 g/mol. The van der Waals surface area contributed by atoms with Crippen LogP contribution in [0.2, 0.25) is 0 Å².